The van der Waals surface area contributed by atoms with Crippen molar-refractivity contribution >= 4 is 21.9 Å². The second-order valence-corrected chi connectivity index (χ2v) is 13.4. The first-order valence-electron chi connectivity index (χ1n) is 13.8. The average molecular weight is 562 g/mol. The third-order valence-corrected chi connectivity index (χ3v) is 10.5. The summed E-state index contributed by atoms with van der Waals surface area (Å²) in [5, 5.41) is 9.59. The van der Waals surface area contributed by atoms with Crippen LogP contribution in [0, 0.1) is 18.3 Å². The van der Waals surface area contributed by atoms with Crippen LogP contribution in [0.2, 0.25) is 0 Å². The van der Waals surface area contributed by atoms with Gasteiger partial charge in [-0.15, -0.1) is 0 Å². The Kier molecular flexibility index (Phi) is 7.99. The number of imidazole rings is 1. The quantitative estimate of drug-likeness (QED) is 0.464. The molecule has 2 atom stereocenters. The van der Waals surface area contributed by atoms with Gasteiger partial charge < -0.3 is 24.2 Å². The molecule has 3 aliphatic rings. The molecule has 2 aromatic heterocycles. The zero-order chi connectivity index (χ0) is 27.6. The number of hydrogen-bond donors (Lipinski definition) is 1. The predicted octanol–water partition coefficient (Wildman–Crippen LogP) is 2.46. The van der Waals surface area contributed by atoms with Gasteiger partial charge in [-0.2, -0.15) is 4.31 Å². The lowest BCUT2D eigenvalue weighted by Crippen LogP contribution is -2.50. The third kappa shape index (κ3) is 6.46. The van der Waals surface area contributed by atoms with Gasteiger partial charge in [-0.1, -0.05) is 6.92 Å². The van der Waals surface area contributed by atoms with Crippen LogP contribution in [0.1, 0.15) is 44.9 Å². The maximum absolute atomic E-state index is 12.8. The Labute approximate surface area is 230 Å². The monoisotopic (exact) mass is 561 g/mol. The van der Waals surface area contributed by atoms with Crippen molar-refractivity contribution in [1.29, 1.82) is 0 Å². The summed E-state index contributed by atoms with van der Waals surface area (Å²) in [7, 11) is -3.32. The summed E-state index contributed by atoms with van der Waals surface area (Å²) in [5.41, 5.74) is 0.0987. The summed E-state index contributed by atoms with van der Waals surface area (Å²) in [6, 6.07) is 0.0502. The molecule has 214 valence electrons. The van der Waals surface area contributed by atoms with E-state index in [1.54, 1.807) is 27.8 Å². The molecule has 3 fully saturated rings. The number of aryl methyl sites for hydroxylation is 2. The van der Waals surface area contributed by atoms with Gasteiger partial charge in [0.05, 0.1) is 24.8 Å². The minimum absolute atomic E-state index is 0.0502. The SMILES string of the molecule is Cc1nccn1CCCS(=O)(=O)N1CCN(c2cnc(OCC3CCN(C(=O)O)C(C4(C)CC4)C3)cn2)CC1. The van der Waals surface area contributed by atoms with E-state index in [1.807, 2.05) is 22.6 Å². The van der Waals surface area contributed by atoms with Crippen molar-refractivity contribution in [2.75, 3.05) is 50.0 Å². The lowest BCUT2D eigenvalue weighted by molar-refractivity contribution is 0.0483. The Balaban J connectivity index is 1.06. The number of sulfonamides is 1. The number of carboxylic acid groups (broad SMARTS) is 1. The van der Waals surface area contributed by atoms with E-state index in [0.29, 0.717) is 64.0 Å². The summed E-state index contributed by atoms with van der Waals surface area (Å²) in [6.45, 7) is 7.70. The fraction of sp³-hybridized carbons (Fsp3) is 0.692. The topological polar surface area (TPSA) is 134 Å². The molecule has 0 aromatic carbocycles. The second kappa shape index (κ2) is 11.3. The molecule has 1 amide bonds. The molecule has 0 bridgehead atoms. The first kappa shape index (κ1) is 27.6. The highest BCUT2D eigenvalue weighted by Gasteiger charge is 2.50. The van der Waals surface area contributed by atoms with Gasteiger partial charge >= 0.3 is 6.09 Å². The highest BCUT2D eigenvalue weighted by atomic mass is 32.2. The fourth-order valence-electron chi connectivity index (χ4n) is 5.74. The molecular formula is C26H39N7O5S. The second-order valence-electron chi connectivity index (χ2n) is 11.3. The van der Waals surface area contributed by atoms with Crippen LogP contribution < -0.4 is 9.64 Å². The van der Waals surface area contributed by atoms with Gasteiger partial charge in [0.1, 0.15) is 11.6 Å². The Bertz CT molecular complexity index is 1240. The van der Waals surface area contributed by atoms with Gasteiger partial charge in [-0.3, -0.25) is 0 Å². The minimum atomic E-state index is -3.32. The summed E-state index contributed by atoms with van der Waals surface area (Å²) >= 11 is 0. The van der Waals surface area contributed by atoms with E-state index >= 15 is 0 Å². The molecule has 12 nitrogen and oxygen atoms in total. The van der Waals surface area contributed by atoms with E-state index in [-0.39, 0.29) is 23.1 Å². The Morgan fingerprint density at radius 3 is 2.51 bits per heavy atom. The van der Waals surface area contributed by atoms with E-state index in [4.69, 9.17) is 4.74 Å². The average Bonchev–Trinajstić information content (AvgIpc) is 3.56. The first-order chi connectivity index (χ1) is 18.6. The summed E-state index contributed by atoms with van der Waals surface area (Å²) in [6.07, 6.45) is 10.3. The van der Waals surface area contributed by atoms with Gasteiger partial charge in [0.2, 0.25) is 15.9 Å². The molecular weight excluding hydrogens is 522 g/mol. The summed E-state index contributed by atoms with van der Waals surface area (Å²) in [4.78, 5) is 28.5. The number of hydrogen-bond acceptors (Lipinski definition) is 8. The number of piperidine rings is 1. The van der Waals surface area contributed by atoms with Crippen molar-refractivity contribution < 1.29 is 23.1 Å². The minimum Gasteiger partial charge on any atom is -0.476 e. The molecule has 2 unspecified atom stereocenters. The lowest BCUT2D eigenvalue weighted by Gasteiger charge is -2.41. The van der Waals surface area contributed by atoms with Gasteiger partial charge in [0, 0.05) is 57.7 Å². The molecule has 39 heavy (non-hydrogen) atoms. The summed E-state index contributed by atoms with van der Waals surface area (Å²) < 4.78 is 35.1. The van der Waals surface area contributed by atoms with Crippen LogP contribution in [0.5, 0.6) is 5.88 Å². The van der Waals surface area contributed by atoms with E-state index in [1.165, 1.54) is 0 Å². The van der Waals surface area contributed by atoms with Crippen molar-refractivity contribution in [3.8, 4) is 5.88 Å². The molecule has 1 aliphatic carbocycles. The number of aromatic nitrogens is 4. The van der Waals surface area contributed by atoms with Crippen LogP contribution in [0.4, 0.5) is 10.6 Å². The van der Waals surface area contributed by atoms with Crippen LogP contribution in [0.3, 0.4) is 0 Å². The maximum atomic E-state index is 12.8. The van der Waals surface area contributed by atoms with Crippen molar-refractivity contribution in [1.82, 2.24) is 28.7 Å². The molecule has 2 aromatic rings. The molecule has 0 spiro atoms. The van der Waals surface area contributed by atoms with Crippen molar-refractivity contribution in [2.24, 2.45) is 11.3 Å². The maximum Gasteiger partial charge on any atom is 0.407 e. The Morgan fingerprint density at radius 2 is 1.90 bits per heavy atom. The molecule has 2 saturated heterocycles. The number of nitrogens with zero attached hydrogens (tertiary/aromatic N) is 7. The van der Waals surface area contributed by atoms with Crippen molar-refractivity contribution in [3.05, 3.63) is 30.6 Å². The Hall–Kier alpha value is -2.93. The number of ether oxygens (including phenoxy) is 1. The van der Waals surface area contributed by atoms with Crippen LogP contribution in [0.25, 0.3) is 0 Å². The van der Waals surface area contributed by atoms with E-state index in [0.717, 1.165) is 31.5 Å². The van der Waals surface area contributed by atoms with Crippen LogP contribution in [-0.4, -0.2) is 99.5 Å². The van der Waals surface area contributed by atoms with Crippen LogP contribution in [0.15, 0.2) is 24.8 Å². The summed E-state index contributed by atoms with van der Waals surface area (Å²) in [5.74, 6) is 2.43. The molecule has 1 saturated carbocycles. The van der Waals surface area contributed by atoms with Crippen molar-refractivity contribution in [2.45, 2.75) is 58.5 Å². The first-order valence-corrected chi connectivity index (χ1v) is 15.4. The van der Waals surface area contributed by atoms with Crippen LogP contribution >= 0.6 is 0 Å². The zero-order valence-electron chi connectivity index (χ0n) is 22.8. The van der Waals surface area contributed by atoms with Gasteiger partial charge in [0.15, 0.2) is 0 Å². The highest BCUT2D eigenvalue weighted by Crippen LogP contribution is 2.53. The number of likely N-dealkylation sites (tertiary alicyclic amines) is 1. The number of anilines is 1. The predicted molar refractivity (Wildman–Crippen MR) is 145 cm³/mol. The lowest BCUT2D eigenvalue weighted by atomic mass is 9.83. The number of rotatable bonds is 10. The van der Waals surface area contributed by atoms with Gasteiger partial charge in [-0.25, -0.2) is 28.2 Å². The number of amides is 1. The largest absolute Gasteiger partial charge is 0.476 e. The number of piperazine rings is 1. The zero-order valence-corrected chi connectivity index (χ0v) is 23.6. The molecule has 4 heterocycles. The standard InChI is InChI=1S/C26H39N7O5S/c1-20-27-7-10-30(20)8-3-15-39(36,37)32-13-11-31(12-14-32)23-17-29-24(18-28-23)38-19-21-4-9-33(25(34)35)22(16-21)26(2)5-6-26/h7,10,17-18,21-22H,3-6,8-9,11-16,19H2,1-2H3,(H,34,35). The van der Waals surface area contributed by atoms with Gasteiger partial charge in [0.25, 0.3) is 0 Å². The van der Waals surface area contributed by atoms with Crippen molar-refractivity contribution in [3.63, 3.8) is 0 Å². The number of carbonyl (C=O) groups is 1. The Morgan fingerprint density at radius 1 is 1.13 bits per heavy atom. The molecule has 13 heteroatoms. The molecule has 2 aliphatic heterocycles. The fourth-order valence-corrected chi connectivity index (χ4v) is 7.21. The highest BCUT2D eigenvalue weighted by molar-refractivity contribution is 7.89. The van der Waals surface area contributed by atoms with E-state index in [9.17, 15) is 18.3 Å². The molecule has 5 rings (SSSR count). The smallest absolute Gasteiger partial charge is 0.407 e. The third-order valence-electron chi connectivity index (χ3n) is 8.56. The van der Waals surface area contributed by atoms with Gasteiger partial charge in [-0.05, 0) is 50.4 Å². The normalized spacial score (nSPS) is 23.5. The van der Waals surface area contributed by atoms with E-state index < -0.39 is 16.1 Å². The molecule has 1 N–H and O–H groups in total. The van der Waals surface area contributed by atoms with Crippen LogP contribution in [-0.2, 0) is 16.6 Å². The molecule has 0 radical (unpaired) electrons. The van der Waals surface area contributed by atoms with E-state index in [2.05, 4.69) is 21.9 Å².